The van der Waals surface area contributed by atoms with Gasteiger partial charge in [0, 0.05) is 28.9 Å². The standard InChI is InChI=1S/C15H18F3NO2S/c1-10(22(2)21)9-19-13(20)14(6-7-14)11-4-3-5-12(8-11)15(16,17)18/h3-5,8,10H,6-7,9H2,1-2H3,(H,19,20)/t10-,22+/m0/s1. The van der Waals surface area contributed by atoms with E-state index in [9.17, 15) is 22.2 Å². The minimum absolute atomic E-state index is 0.193. The zero-order valence-electron chi connectivity index (χ0n) is 12.4. The Balaban J connectivity index is 2.14. The van der Waals surface area contributed by atoms with E-state index in [4.69, 9.17) is 0 Å². The molecule has 1 aliphatic carbocycles. The van der Waals surface area contributed by atoms with Gasteiger partial charge in [-0.2, -0.15) is 13.2 Å². The fourth-order valence-corrected chi connectivity index (χ4v) is 2.61. The number of nitrogens with one attached hydrogen (secondary N) is 1. The summed E-state index contributed by atoms with van der Waals surface area (Å²) in [5, 5.41) is 2.52. The van der Waals surface area contributed by atoms with Crippen LogP contribution in [0.1, 0.15) is 30.9 Å². The monoisotopic (exact) mass is 333 g/mol. The molecule has 1 saturated carbocycles. The first-order chi connectivity index (χ1) is 10.2. The smallest absolute Gasteiger partial charge is 0.354 e. The fourth-order valence-electron chi connectivity index (χ4n) is 2.29. The topological polar surface area (TPSA) is 46.2 Å². The largest absolute Gasteiger partial charge is 0.416 e. The van der Waals surface area contributed by atoms with Crippen LogP contribution in [-0.4, -0.2) is 28.2 Å². The molecule has 0 bridgehead atoms. The average molecular weight is 333 g/mol. The molecule has 2 atom stereocenters. The van der Waals surface area contributed by atoms with Crippen molar-refractivity contribution in [1.82, 2.24) is 5.32 Å². The number of carbonyl (C=O) groups is 1. The van der Waals surface area contributed by atoms with Gasteiger partial charge in [0.25, 0.3) is 0 Å². The van der Waals surface area contributed by atoms with Crippen molar-refractivity contribution < 1.29 is 22.2 Å². The van der Waals surface area contributed by atoms with Gasteiger partial charge in [0.1, 0.15) is 0 Å². The van der Waals surface area contributed by atoms with E-state index < -0.39 is 28.0 Å². The number of rotatable bonds is 5. The fraction of sp³-hybridized carbons (Fsp3) is 0.533. The number of halogens is 3. The molecule has 1 aromatic carbocycles. The highest BCUT2D eigenvalue weighted by Crippen LogP contribution is 2.49. The summed E-state index contributed by atoms with van der Waals surface area (Å²) in [6.07, 6.45) is -1.81. The zero-order valence-corrected chi connectivity index (χ0v) is 13.2. The van der Waals surface area contributed by atoms with Crippen molar-refractivity contribution in [2.75, 3.05) is 12.8 Å². The number of carbonyl (C=O) groups excluding carboxylic acids is 1. The van der Waals surface area contributed by atoms with Crippen molar-refractivity contribution in [3.05, 3.63) is 35.4 Å². The van der Waals surface area contributed by atoms with Crippen LogP contribution in [0.5, 0.6) is 0 Å². The van der Waals surface area contributed by atoms with Crippen LogP contribution in [0.4, 0.5) is 13.2 Å². The van der Waals surface area contributed by atoms with Crippen LogP contribution in [0, 0.1) is 0 Å². The van der Waals surface area contributed by atoms with Gasteiger partial charge in [-0.25, -0.2) is 0 Å². The Hall–Kier alpha value is -1.37. The lowest BCUT2D eigenvalue weighted by molar-refractivity contribution is -0.137. The van der Waals surface area contributed by atoms with Crippen molar-refractivity contribution in [3.63, 3.8) is 0 Å². The van der Waals surface area contributed by atoms with E-state index >= 15 is 0 Å². The number of alkyl halides is 3. The lowest BCUT2D eigenvalue weighted by Crippen LogP contribution is -2.39. The Labute approximate surface area is 129 Å². The van der Waals surface area contributed by atoms with Crippen LogP contribution in [0.3, 0.4) is 0 Å². The van der Waals surface area contributed by atoms with Gasteiger partial charge in [0.15, 0.2) is 0 Å². The molecule has 1 aliphatic rings. The van der Waals surface area contributed by atoms with Crippen LogP contribution >= 0.6 is 0 Å². The molecule has 0 saturated heterocycles. The molecule has 2 rings (SSSR count). The second-order valence-corrected chi connectivity index (χ2v) is 7.48. The van der Waals surface area contributed by atoms with Gasteiger partial charge in [-0.15, -0.1) is 0 Å². The molecule has 1 fully saturated rings. The maximum atomic E-state index is 12.8. The van der Waals surface area contributed by atoms with Crippen molar-refractivity contribution >= 4 is 16.7 Å². The van der Waals surface area contributed by atoms with Crippen LogP contribution < -0.4 is 5.32 Å². The van der Waals surface area contributed by atoms with Crippen molar-refractivity contribution in [2.24, 2.45) is 0 Å². The first-order valence-electron chi connectivity index (χ1n) is 6.95. The highest BCUT2D eigenvalue weighted by Gasteiger charge is 2.51. The Morgan fingerprint density at radius 1 is 1.41 bits per heavy atom. The van der Waals surface area contributed by atoms with Crippen LogP contribution in [0.25, 0.3) is 0 Å². The normalized spacial score (nSPS) is 19.3. The van der Waals surface area contributed by atoms with Gasteiger partial charge >= 0.3 is 6.18 Å². The predicted molar refractivity (Wildman–Crippen MR) is 78.9 cm³/mol. The summed E-state index contributed by atoms with van der Waals surface area (Å²) in [7, 11) is -1.06. The number of hydrogen-bond acceptors (Lipinski definition) is 2. The SMILES string of the molecule is C[C@@H](CNC(=O)C1(c2cccc(C(F)(F)F)c2)CC1)[S@@](C)=O. The Kier molecular flexibility index (Phi) is 4.65. The van der Waals surface area contributed by atoms with Gasteiger partial charge < -0.3 is 5.32 Å². The quantitative estimate of drug-likeness (QED) is 0.900. The summed E-state index contributed by atoms with van der Waals surface area (Å²) in [6.45, 7) is 2.00. The summed E-state index contributed by atoms with van der Waals surface area (Å²) in [5.41, 5.74) is -1.21. The Morgan fingerprint density at radius 3 is 2.55 bits per heavy atom. The molecular formula is C15H18F3NO2S. The average Bonchev–Trinajstić information content (AvgIpc) is 3.25. The first-order valence-corrected chi connectivity index (χ1v) is 8.57. The van der Waals surface area contributed by atoms with E-state index in [0.29, 0.717) is 18.4 Å². The second-order valence-electron chi connectivity index (χ2n) is 5.68. The molecule has 0 radical (unpaired) electrons. The molecule has 0 spiro atoms. The predicted octanol–water partition coefficient (Wildman–Crippen LogP) is 2.62. The molecule has 0 heterocycles. The lowest BCUT2D eigenvalue weighted by atomic mass is 9.93. The molecule has 122 valence electrons. The number of amides is 1. The molecule has 3 nitrogen and oxygen atoms in total. The van der Waals surface area contributed by atoms with Crippen molar-refractivity contribution in [1.29, 1.82) is 0 Å². The van der Waals surface area contributed by atoms with Gasteiger partial charge in [-0.1, -0.05) is 18.2 Å². The van der Waals surface area contributed by atoms with E-state index in [1.165, 1.54) is 6.07 Å². The molecule has 1 aromatic rings. The lowest BCUT2D eigenvalue weighted by Gasteiger charge is -2.18. The van der Waals surface area contributed by atoms with Gasteiger partial charge in [0.2, 0.25) is 5.91 Å². The third kappa shape index (κ3) is 3.51. The summed E-state index contributed by atoms with van der Waals surface area (Å²) in [4.78, 5) is 12.3. The van der Waals surface area contributed by atoms with E-state index in [1.807, 2.05) is 0 Å². The van der Waals surface area contributed by atoms with Crippen LogP contribution in [0.15, 0.2) is 24.3 Å². The summed E-state index contributed by atoms with van der Waals surface area (Å²) >= 11 is 0. The van der Waals surface area contributed by atoms with Gasteiger partial charge in [-0.05, 0) is 31.4 Å². The first kappa shape index (κ1) is 17.0. The molecule has 1 N–H and O–H groups in total. The molecular weight excluding hydrogens is 315 g/mol. The maximum Gasteiger partial charge on any atom is 0.416 e. The van der Waals surface area contributed by atoms with Crippen molar-refractivity contribution in [3.8, 4) is 0 Å². The minimum atomic E-state index is -4.42. The molecule has 7 heteroatoms. The van der Waals surface area contributed by atoms with Gasteiger partial charge in [-0.3, -0.25) is 9.00 Å². The van der Waals surface area contributed by atoms with E-state index in [2.05, 4.69) is 5.32 Å². The third-order valence-corrected chi connectivity index (χ3v) is 5.34. The number of hydrogen-bond donors (Lipinski definition) is 1. The summed E-state index contributed by atoms with van der Waals surface area (Å²) in [5.74, 6) is -0.288. The minimum Gasteiger partial charge on any atom is -0.354 e. The molecule has 0 aromatic heterocycles. The molecule has 1 amide bonds. The molecule has 0 aliphatic heterocycles. The second kappa shape index (κ2) is 6.02. The van der Waals surface area contributed by atoms with E-state index in [0.717, 1.165) is 12.1 Å². The summed E-state index contributed by atoms with van der Waals surface area (Å²) < 4.78 is 49.6. The summed E-state index contributed by atoms with van der Waals surface area (Å²) in [6, 6.07) is 4.94. The maximum absolute atomic E-state index is 12.8. The van der Waals surface area contributed by atoms with Crippen molar-refractivity contribution in [2.45, 2.75) is 36.6 Å². The highest BCUT2D eigenvalue weighted by molar-refractivity contribution is 7.84. The van der Waals surface area contributed by atoms with Gasteiger partial charge in [0.05, 0.1) is 11.0 Å². The van der Waals surface area contributed by atoms with Crippen LogP contribution in [0.2, 0.25) is 0 Å². The number of benzene rings is 1. The Bertz CT molecular complexity index is 597. The Morgan fingerprint density at radius 2 is 2.05 bits per heavy atom. The highest BCUT2D eigenvalue weighted by atomic mass is 32.2. The van der Waals surface area contributed by atoms with Crippen LogP contribution in [-0.2, 0) is 27.2 Å². The van der Waals surface area contributed by atoms with E-state index in [-0.39, 0.29) is 17.7 Å². The third-order valence-electron chi connectivity index (χ3n) is 4.04. The molecule has 22 heavy (non-hydrogen) atoms. The van der Waals surface area contributed by atoms with E-state index in [1.54, 1.807) is 19.2 Å². The zero-order chi connectivity index (χ0) is 16.5. The molecule has 0 unspecified atom stereocenters.